The average Bonchev–Trinajstić information content (AvgIpc) is 2.48. The van der Waals surface area contributed by atoms with Gasteiger partial charge >= 0.3 is 0 Å². The molecule has 0 spiro atoms. The van der Waals surface area contributed by atoms with Crippen LogP contribution in [-0.4, -0.2) is 48.3 Å². The molecule has 1 fully saturated rings. The Bertz CT molecular complexity index is 496. The molecule has 2 amide bonds. The summed E-state index contributed by atoms with van der Waals surface area (Å²) < 4.78 is 0. The highest BCUT2D eigenvalue weighted by Crippen LogP contribution is 2.10. The molecule has 98 valence electrons. The minimum atomic E-state index is -0.0194. The van der Waals surface area contributed by atoms with E-state index < -0.39 is 0 Å². The summed E-state index contributed by atoms with van der Waals surface area (Å²) in [6, 6.07) is 9.18. The van der Waals surface area contributed by atoms with Crippen LogP contribution in [0.25, 0.3) is 0 Å². The first-order valence-corrected chi connectivity index (χ1v) is 6.19. The second-order valence-corrected chi connectivity index (χ2v) is 4.47. The minimum absolute atomic E-state index is 0.0194. The lowest BCUT2D eigenvalue weighted by molar-refractivity contribution is -0.119. The summed E-state index contributed by atoms with van der Waals surface area (Å²) in [6.45, 7) is 2.30. The summed E-state index contributed by atoms with van der Waals surface area (Å²) in [4.78, 5) is 26.2. The number of amides is 2. The van der Waals surface area contributed by atoms with Gasteiger partial charge in [-0.2, -0.15) is 5.26 Å². The zero-order chi connectivity index (χ0) is 13.7. The van der Waals surface area contributed by atoms with Crippen molar-refractivity contribution in [2.24, 2.45) is 0 Å². The maximum absolute atomic E-state index is 12.2. The summed E-state index contributed by atoms with van der Waals surface area (Å²) in [7, 11) is 0. The molecular formula is C14H15N3O2. The smallest absolute Gasteiger partial charge is 0.253 e. The van der Waals surface area contributed by atoms with Crippen LogP contribution in [0.1, 0.15) is 15.9 Å². The molecule has 5 heteroatoms. The Morgan fingerprint density at radius 3 is 2.37 bits per heavy atom. The molecule has 0 atom stereocenters. The molecule has 0 radical (unpaired) electrons. The van der Waals surface area contributed by atoms with Gasteiger partial charge in [-0.15, -0.1) is 0 Å². The Morgan fingerprint density at radius 1 is 1.21 bits per heavy atom. The lowest BCUT2D eigenvalue weighted by atomic mass is 10.1. The van der Waals surface area contributed by atoms with E-state index in [1.807, 2.05) is 0 Å². The molecule has 1 heterocycles. The molecule has 0 unspecified atom stereocenters. The van der Waals surface area contributed by atoms with Gasteiger partial charge in [0.25, 0.3) is 5.91 Å². The lowest BCUT2D eigenvalue weighted by Crippen LogP contribution is -2.48. The third kappa shape index (κ3) is 3.10. The molecule has 0 aliphatic carbocycles. The maximum atomic E-state index is 12.2. The van der Waals surface area contributed by atoms with Crippen molar-refractivity contribution in [2.45, 2.75) is 6.42 Å². The highest BCUT2D eigenvalue weighted by Gasteiger charge is 2.20. The molecule has 1 aromatic carbocycles. The van der Waals surface area contributed by atoms with Crippen molar-refractivity contribution in [2.75, 3.05) is 26.2 Å². The van der Waals surface area contributed by atoms with E-state index in [2.05, 4.69) is 6.07 Å². The second kappa shape index (κ2) is 6.01. The molecule has 0 saturated carbocycles. The highest BCUT2D eigenvalue weighted by atomic mass is 16.2. The molecule has 0 bridgehead atoms. The van der Waals surface area contributed by atoms with Crippen LogP contribution in [0.2, 0.25) is 0 Å². The molecule has 1 aromatic rings. The fourth-order valence-corrected chi connectivity index (χ4v) is 2.07. The van der Waals surface area contributed by atoms with E-state index >= 15 is 0 Å². The molecule has 0 aromatic heterocycles. The summed E-state index contributed by atoms with van der Waals surface area (Å²) in [5, 5.41) is 8.59. The predicted molar refractivity (Wildman–Crippen MR) is 69.3 cm³/mol. The first-order valence-electron chi connectivity index (χ1n) is 6.19. The first kappa shape index (κ1) is 13.1. The van der Waals surface area contributed by atoms with Gasteiger partial charge < -0.3 is 9.80 Å². The van der Waals surface area contributed by atoms with E-state index in [4.69, 9.17) is 5.26 Å². The minimum Gasteiger partial charge on any atom is -0.342 e. The second-order valence-electron chi connectivity index (χ2n) is 4.47. The van der Waals surface area contributed by atoms with E-state index in [0.717, 1.165) is 12.0 Å². The number of hydrogen-bond donors (Lipinski definition) is 0. The standard InChI is InChI=1S/C14H15N3O2/c15-6-5-12-1-3-13(4-2-12)14(19)17-9-7-16(11-18)8-10-17/h1-4,11H,5,7-10H2. The Balaban J connectivity index is 2.00. The fraction of sp³-hybridized carbons (Fsp3) is 0.357. The van der Waals surface area contributed by atoms with Crippen molar-refractivity contribution in [1.29, 1.82) is 5.26 Å². The fourth-order valence-electron chi connectivity index (χ4n) is 2.07. The van der Waals surface area contributed by atoms with Gasteiger partial charge in [0.1, 0.15) is 0 Å². The molecule has 1 aliphatic heterocycles. The average molecular weight is 257 g/mol. The summed E-state index contributed by atoms with van der Waals surface area (Å²) in [6.07, 6.45) is 1.17. The van der Waals surface area contributed by atoms with Crippen molar-refractivity contribution in [1.82, 2.24) is 9.80 Å². The quantitative estimate of drug-likeness (QED) is 0.747. The Morgan fingerprint density at radius 2 is 1.84 bits per heavy atom. The third-order valence-electron chi connectivity index (χ3n) is 3.23. The largest absolute Gasteiger partial charge is 0.342 e. The topological polar surface area (TPSA) is 64.4 Å². The normalized spacial score (nSPS) is 14.9. The van der Waals surface area contributed by atoms with Crippen LogP contribution in [-0.2, 0) is 11.2 Å². The van der Waals surface area contributed by atoms with Crippen molar-refractivity contribution in [3.63, 3.8) is 0 Å². The van der Waals surface area contributed by atoms with Crippen LogP contribution < -0.4 is 0 Å². The molecule has 2 rings (SSSR count). The third-order valence-corrected chi connectivity index (χ3v) is 3.23. The summed E-state index contributed by atoms with van der Waals surface area (Å²) in [5.41, 5.74) is 1.53. The van der Waals surface area contributed by atoms with Crippen LogP contribution >= 0.6 is 0 Å². The summed E-state index contributed by atoms with van der Waals surface area (Å²) in [5.74, 6) is -0.0194. The van der Waals surface area contributed by atoms with Crippen LogP contribution in [0.4, 0.5) is 0 Å². The molecular weight excluding hydrogens is 242 g/mol. The van der Waals surface area contributed by atoms with E-state index in [1.165, 1.54) is 0 Å². The lowest BCUT2D eigenvalue weighted by Gasteiger charge is -2.32. The molecule has 0 N–H and O–H groups in total. The van der Waals surface area contributed by atoms with E-state index in [-0.39, 0.29) is 5.91 Å². The molecule has 1 aliphatic rings. The SMILES string of the molecule is N#CCc1ccc(C(=O)N2CCN(C=O)CC2)cc1. The Hall–Kier alpha value is -2.35. The van der Waals surface area contributed by atoms with Gasteiger partial charge in [0.2, 0.25) is 6.41 Å². The van der Waals surface area contributed by atoms with Crippen LogP contribution in [0.5, 0.6) is 0 Å². The van der Waals surface area contributed by atoms with Crippen molar-refractivity contribution in [3.8, 4) is 6.07 Å². The number of benzene rings is 1. The van der Waals surface area contributed by atoms with E-state index in [0.29, 0.717) is 38.2 Å². The van der Waals surface area contributed by atoms with Gasteiger partial charge in [0, 0.05) is 31.7 Å². The molecule has 1 saturated heterocycles. The van der Waals surface area contributed by atoms with Gasteiger partial charge in [0.15, 0.2) is 0 Å². The Labute approximate surface area is 112 Å². The number of rotatable bonds is 3. The predicted octanol–water partition coefficient (Wildman–Crippen LogP) is 0.667. The van der Waals surface area contributed by atoms with Gasteiger partial charge in [-0.1, -0.05) is 12.1 Å². The molecule has 5 nitrogen and oxygen atoms in total. The number of carbonyl (C=O) groups excluding carboxylic acids is 2. The van der Waals surface area contributed by atoms with Crippen molar-refractivity contribution >= 4 is 12.3 Å². The number of nitrogens with zero attached hydrogens (tertiary/aromatic N) is 3. The zero-order valence-electron chi connectivity index (χ0n) is 10.6. The number of piperazine rings is 1. The van der Waals surface area contributed by atoms with E-state index in [9.17, 15) is 9.59 Å². The van der Waals surface area contributed by atoms with Crippen LogP contribution in [0.3, 0.4) is 0 Å². The number of carbonyl (C=O) groups is 2. The Kier molecular flexibility index (Phi) is 4.14. The van der Waals surface area contributed by atoms with Crippen molar-refractivity contribution in [3.05, 3.63) is 35.4 Å². The summed E-state index contributed by atoms with van der Waals surface area (Å²) >= 11 is 0. The van der Waals surface area contributed by atoms with E-state index in [1.54, 1.807) is 34.1 Å². The number of hydrogen-bond acceptors (Lipinski definition) is 3. The van der Waals surface area contributed by atoms with Gasteiger partial charge in [0.05, 0.1) is 12.5 Å². The van der Waals surface area contributed by atoms with Crippen LogP contribution in [0, 0.1) is 11.3 Å². The first-order chi connectivity index (χ1) is 9.24. The monoisotopic (exact) mass is 257 g/mol. The van der Waals surface area contributed by atoms with Gasteiger partial charge in [-0.05, 0) is 17.7 Å². The highest BCUT2D eigenvalue weighted by molar-refractivity contribution is 5.94. The number of nitriles is 1. The zero-order valence-corrected chi connectivity index (χ0v) is 10.6. The molecule has 19 heavy (non-hydrogen) atoms. The van der Waals surface area contributed by atoms with Gasteiger partial charge in [-0.25, -0.2) is 0 Å². The van der Waals surface area contributed by atoms with Crippen LogP contribution in [0.15, 0.2) is 24.3 Å². The maximum Gasteiger partial charge on any atom is 0.253 e. The van der Waals surface area contributed by atoms with Crippen molar-refractivity contribution < 1.29 is 9.59 Å². The van der Waals surface area contributed by atoms with Gasteiger partial charge in [-0.3, -0.25) is 9.59 Å².